The number of ketones is 2. The average Bonchev–Trinajstić information content (AvgIpc) is 3.44. The Kier molecular flexibility index (Phi) is 7.86. The predicted molar refractivity (Wildman–Crippen MR) is 124 cm³/mol. The molecule has 0 saturated heterocycles. The van der Waals surface area contributed by atoms with Gasteiger partial charge in [0.25, 0.3) is 5.91 Å². The van der Waals surface area contributed by atoms with Crippen molar-refractivity contribution in [3.05, 3.63) is 68.5 Å². The largest absolute Gasteiger partial charge is 0.326 e. The molecule has 2 aromatic heterocycles. The molecule has 31 heavy (non-hydrogen) atoms. The van der Waals surface area contributed by atoms with E-state index in [1.54, 1.807) is 36.4 Å². The number of benzene rings is 1. The summed E-state index contributed by atoms with van der Waals surface area (Å²) in [7, 11) is 0. The SMILES string of the molecule is Cc1ccc(C(=O)CCC(=O)CCC(=O)Nc2ccc(NC(=O)c3cccs3)cc2)s1. The van der Waals surface area contributed by atoms with Crippen molar-refractivity contribution in [2.24, 2.45) is 0 Å². The first-order chi connectivity index (χ1) is 14.9. The molecule has 1 aromatic carbocycles. The molecule has 6 nitrogen and oxygen atoms in total. The molecule has 2 amide bonds. The number of carbonyl (C=O) groups is 4. The molecule has 8 heteroatoms. The van der Waals surface area contributed by atoms with Crippen LogP contribution in [0.4, 0.5) is 11.4 Å². The van der Waals surface area contributed by atoms with Crippen LogP contribution in [0.1, 0.15) is 49.9 Å². The molecule has 0 unspecified atom stereocenters. The number of hydrogen-bond acceptors (Lipinski definition) is 6. The fraction of sp³-hybridized carbons (Fsp3) is 0.217. The minimum Gasteiger partial charge on any atom is -0.326 e. The first-order valence-corrected chi connectivity index (χ1v) is 11.5. The Labute approximate surface area is 188 Å². The van der Waals surface area contributed by atoms with Gasteiger partial charge in [0.2, 0.25) is 5.91 Å². The number of carbonyl (C=O) groups excluding carboxylic acids is 4. The van der Waals surface area contributed by atoms with E-state index in [1.165, 1.54) is 22.7 Å². The third-order valence-corrected chi connectivity index (χ3v) is 6.36. The summed E-state index contributed by atoms with van der Waals surface area (Å²) >= 11 is 2.78. The van der Waals surface area contributed by atoms with Crippen LogP contribution in [0.25, 0.3) is 0 Å². The maximum atomic E-state index is 12.1. The van der Waals surface area contributed by atoms with Crippen LogP contribution in [0, 0.1) is 6.92 Å². The molecule has 3 aromatic rings. The zero-order valence-electron chi connectivity index (χ0n) is 17.0. The Morgan fingerprint density at radius 2 is 1.45 bits per heavy atom. The fourth-order valence-corrected chi connectivity index (χ4v) is 4.25. The Morgan fingerprint density at radius 3 is 2.06 bits per heavy atom. The van der Waals surface area contributed by atoms with Gasteiger partial charge in [0.05, 0.1) is 9.75 Å². The topological polar surface area (TPSA) is 92.3 Å². The Bertz CT molecular complexity index is 1070. The highest BCUT2D eigenvalue weighted by atomic mass is 32.1. The van der Waals surface area contributed by atoms with Crippen LogP contribution in [0.5, 0.6) is 0 Å². The van der Waals surface area contributed by atoms with E-state index in [0.29, 0.717) is 21.1 Å². The quantitative estimate of drug-likeness (QED) is 0.406. The third kappa shape index (κ3) is 6.97. The number of Topliss-reactive ketones (excluding diaryl/α,β-unsaturated/α-hetero) is 2. The van der Waals surface area contributed by atoms with Crippen LogP contribution in [0.3, 0.4) is 0 Å². The lowest BCUT2D eigenvalue weighted by Gasteiger charge is -2.07. The van der Waals surface area contributed by atoms with Gasteiger partial charge in [-0.25, -0.2) is 0 Å². The molecular weight excluding hydrogens is 432 g/mol. The molecule has 0 saturated carbocycles. The van der Waals surface area contributed by atoms with E-state index in [1.807, 2.05) is 24.4 Å². The van der Waals surface area contributed by atoms with Crippen molar-refractivity contribution in [1.82, 2.24) is 0 Å². The minimum absolute atomic E-state index is 0.0397. The number of amides is 2. The normalized spacial score (nSPS) is 10.5. The highest BCUT2D eigenvalue weighted by molar-refractivity contribution is 7.14. The van der Waals surface area contributed by atoms with Gasteiger partial charge in [0.1, 0.15) is 5.78 Å². The molecule has 0 aliphatic heterocycles. The van der Waals surface area contributed by atoms with Crippen molar-refractivity contribution in [3.63, 3.8) is 0 Å². The molecule has 2 heterocycles. The van der Waals surface area contributed by atoms with E-state index in [-0.39, 0.29) is 49.1 Å². The number of rotatable bonds is 10. The second-order valence-corrected chi connectivity index (χ2v) is 9.16. The Balaban J connectivity index is 1.38. The second-order valence-electron chi connectivity index (χ2n) is 6.93. The average molecular weight is 455 g/mol. The van der Waals surface area contributed by atoms with Gasteiger partial charge in [-0.3, -0.25) is 19.2 Å². The van der Waals surface area contributed by atoms with Crippen molar-refractivity contribution >= 4 is 57.4 Å². The molecule has 0 atom stereocenters. The van der Waals surface area contributed by atoms with Gasteiger partial charge >= 0.3 is 0 Å². The van der Waals surface area contributed by atoms with Gasteiger partial charge in [-0.2, -0.15) is 0 Å². The summed E-state index contributed by atoms with van der Waals surface area (Å²) in [4.78, 5) is 50.6. The van der Waals surface area contributed by atoms with Crippen molar-refractivity contribution in [2.45, 2.75) is 32.6 Å². The lowest BCUT2D eigenvalue weighted by molar-refractivity contribution is -0.122. The van der Waals surface area contributed by atoms with Gasteiger partial charge in [-0.15, -0.1) is 22.7 Å². The maximum Gasteiger partial charge on any atom is 0.265 e. The minimum atomic E-state index is -0.274. The van der Waals surface area contributed by atoms with Crippen molar-refractivity contribution in [3.8, 4) is 0 Å². The fourth-order valence-electron chi connectivity index (χ4n) is 2.80. The monoisotopic (exact) mass is 454 g/mol. The van der Waals surface area contributed by atoms with Gasteiger partial charge in [0.15, 0.2) is 5.78 Å². The van der Waals surface area contributed by atoms with Gasteiger partial charge in [-0.05, 0) is 54.8 Å². The Hall–Kier alpha value is -3.10. The number of thiophene rings is 2. The molecular formula is C23H22N2O4S2. The summed E-state index contributed by atoms with van der Waals surface area (Å²) in [5.41, 5.74) is 1.20. The van der Waals surface area contributed by atoms with Gasteiger partial charge in [0, 0.05) is 41.9 Å². The summed E-state index contributed by atoms with van der Waals surface area (Å²) in [6.07, 6.45) is 0.459. The third-order valence-electron chi connectivity index (χ3n) is 4.45. The zero-order chi connectivity index (χ0) is 22.2. The van der Waals surface area contributed by atoms with Crippen molar-refractivity contribution < 1.29 is 19.2 Å². The van der Waals surface area contributed by atoms with E-state index in [4.69, 9.17) is 0 Å². The van der Waals surface area contributed by atoms with Gasteiger partial charge in [-0.1, -0.05) is 6.07 Å². The predicted octanol–water partition coefficient (Wildman–Crippen LogP) is 5.32. The highest BCUT2D eigenvalue weighted by Crippen LogP contribution is 2.19. The Morgan fingerprint density at radius 1 is 0.774 bits per heavy atom. The van der Waals surface area contributed by atoms with Crippen LogP contribution in [-0.2, 0) is 9.59 Å². The van der Waals surface area contributed by atoms with E-state index in [2.05, 4.69) is 10.6 Å². The van der Waals surface area contributed by atoms with E-state index in [0.717, 1.165) is 4.88 Å². The smallest absolute Gasteiger partial charge is 0.265 e. The van der Waals surface area contributed by atoms with Crippen LogP contribution >= 0.6 is 22.7 Å². The number of anilines is 2. The lowest BCUT2D eigenvalue weighted by Crippen LogP contribution is -2.14. The second kappa shape index (κ2) is 10.8. The lowest BCUT2D eigenvalue weighted by atomic mass is 10.1. The molecule has 0 aliphatic rings. The summed E-state index contributed by atoms with van der Waals surface area (Å²) in [6.45, 7) is 1.93. The zero-order valence-corrected chi connectivity index (χ0v) is 18.6. The highest BCUT2D eigenvalue weighted by Gasteiger charge is 2.13. The van der Waals surface area contributed by atoms with Crippen LogP contribution in [0.15, 0.2) is 53.9 Å². The van der Waals surface area contributed by atoms with E-state index >= 15 is 0 Å². The van der Waals surface area contributed by atoms with E-state index < -0.39 is 0 Å². The molecule has 0 bridgehead atoms. The summed E-state index contributed by atoms with van der Waals surface area (Å²) in [5, 5.41) is 7.35. The molecule has 160 valence electrons. The first-order valence-electron chi connectivity index (χ1n) is 9.77. The number of aryl methyl sites for hydroxylation is 1. The molecule has 0 fully saturated rings. The summed E-state index contributed by atoms with van der Waals surface area (Å²) in [5.74, 6) is -0.604. The van der Waals surface area contributed by atoms with Crippen molar-refractivity contribution in [2.75, 3.05) is 10.6 Å². The van der Waals surface area contributed by atoms with Crippen molar-refractivity contribution in [1.29, 1.82) is 0 Å². The number of hydrogen-bond donors (Lipinski definition) is 2. The molecule has 3 rings (SSSR count). The first kappa shape index (κ1) is 22.6. The molecule has 2 N–H and O–H groups in total. The van der Waals surface area contributed by atoms with E-state index in [9.17, 15) is 19.2 Å². The maximum absolute atomic E-state index is 12.1. The molecule has 0 radical (unpaired) electrons. The van der Waals surface area contributed by atoms with Crippen LogP contribution in [0.2, 0.25) is 0 Å². The van der Waals surface area contributed by atoms with Crippen LogP contribution in [-0.4, -0.2) is 23.4 Å². The van der Waals surface area contributed by atoms with Crippen LogP contribution < -0.4 is 10.6 Å². The summed E-state index contributed by atoms with van der Waals surface area (Å²) in [6, 6.07) is 14.0. The number of nitrogens with one attached hydrogen (secondary N) is 2. The standard InChI is InChI=1S/C23H22N2O4S2/c1-15-4-12-20(31-15)19(27)11-9-18(26)10-13-22(28)24-16-5-7-17(8-6-16)25-23(29)21-3-2-14-30-21/h2-8,12,14H,9-11,13H2,1H3,(H,24,28)(H,25,29). The summed E-state index contributed by atoms with van der Waals surface area (Å²) < 4.78 is 0. The molecule has 0 spiro atoms. The molecule has 0 aliphatic carbocycles. The van der Waals surface area contributed by atoms with Gasteiger partial charge < -0.3 is 10.6 Å².